The molecule has 2 N–H and O–H groups in total. The molecule has 1 saturated carbocycles. The minimum atomic E-state index is -3.75. The fraction of sp³-hybridized carbons (Fsp3) is 0.615. The molecule has 1 aliphatic carbocycles. The Morgan fingerprint density at radius 3 is 2.76 bits per heavy atom. The summed E-state index contributed by atoms with van der Waals surface area (Å²) in [6.07, 6.45) is 3.15. The second-order valence-electron chi connectivity index (χ2n) is 5.19. The fourth-order valence-corrected chi connectivity index (χ4v) is 3.34. The van der Waals surface area contributed by atoms with Crippen LogP contribution in [0.3, 0.4) is 0 Å². The van der Waals surface area contributed by atoms with Crippen molar-refractivity contribution in [1.29, 1.82) is 0 Å². The SMILES string of the molecule is CCOCC(C)NS(=O)(=O)c1cc(C(=O)O)n(C2CC2)c1. The highest BCUT2D eigenvalue weighted by atomic mass is 32.2. The Morgan fingerprint density at radius 1 is 1.57 bits per heavy atom. The first-order chi connectivity index (χ1) is 9.85. The molecule has 1 aliphatic rings. The van der Waals surface area contributed by atoms with E-state index in [0.717, 1.165) is 12.8 Å². The lowest BCUT2D eigenvalue weighted by molar-refractivity contribution is 0.0685. The van der Waals surface area contributed by atoms with Crippen molar-refractivity contribution in [3.63, 3.8) is 0 Å². The Kier molecular flexibility index (Phi) is 4.70. The summed E-state index contributed by atoms with van der Waals surface area (Å²) in [5.74, 6) is -1.12. The van der Waals surface area contributed by atoms with E-state index in [1.807, 2.05) is 6.92 Å². The van der Waals surface area contributed by atoms with Crippen molar-refractivity contribution in [2.24, 2.45) is 0 Å². The molecule has 0 radical (unpaired) electrons. The van der Waals surface area contributed by atoms with E-state index in [0.29, 0.717) is 6.61 Å². The number of ether oxygens (including phenoxy) is 1. The maximum atomic E-state index is 12.3. The molecule has 0 amide bonds. The van der Waals surface area contributed by atoms with Gasteiger partial charge in [-0.3, -0.25) is 0 Å². The van der Waals surface area contributed by atoms with Crippen LogP contribution in [0.25, 0.3) is 0 Å². The van der Waals surface area contributed by atoms with Crippen molar-refractivity contribution >= 4 is 16.0 Å². The van der Waals surface area contributed by atoms with Gasteiger partial charge in [-0.25, -0.2) is 17.9 Å². The van der Waals surface area contributed by atoms with Crippen LogP contribution in [-0.2, 0) is 14.8 Å². The highest BCUT2D eigenvalue weighted by Gasteiger charge is 2.30. The topological polar surface area (TPSA) is 97.6 Å². The number of carboxylic acids is 1. The molecule has 0 spiro atoms. The highest BCUT2D eigenvalue weighted by Crippen LogP contribution is 2.37. The monoisotopic (exact) mass is 316 g/mol. The lowest BCUT2D eigenvalue weighted by Crippen LogP contribution is -2.35. The second kappa shape index (κ2) is 6.17. The smallest absolute Gasteiger partial charge is 0.352 e. The lowest BCUT2D eigenvalue weighted by Gasteiger charge is -2.13. The summed E-state index contributed by atoms with van der Waals surface area (Å²) in [4.78, 5) is 11.2. The van der Waals surface area contributed by atoms with Crippen molar-refractivity contribution in [3.05, 3.63) is 18.0 Å². The zero-order valence-electron chi connectivity index (χ0n) is 12.1. The molecule has 118 valence electrons. The third-order valence-corrected chi connectivity index (χ3v) is 4.78. The van der Waals surface area contributed by atoms with Gasteiger partial charge in [0, 0.05) is 24.9 Å². The summed E-state index contributed by atoms with van der Waals surface area (Å²) in [6, 6.07) is 0.921. The number of carboxylic acid groups (broad SMARTS) is 1. The number of hydrogen-bond acceptors (Lipinski definition) is 4. The molecular weight excluding hydrogens is 296 g/mol. The summed E-state index contributed by atoms with van der Waals surface area (Å²) in [5, 5.41) is 9.16. The first-order valence-corrected chi connectivity index (χ1v) is 8.38. The third kappa shape index (κ3) is 3.84. The molecule has 0 bridgehead atoms. The van der Waals surface area contributed by atoms with E-state index < -0.39 is 16.0 Å². The molecule has 0 aliphatic heterocycles. The minimum Gasteiger partial charge on any atom is -0.477 e. The van der Waals surface area contributed by atoms with Crippen LogP contribution in [0.5, 0.6) is 0 Å². The standard InChI is InChI=1S/C13H20N2O5S/c1-3-20-8-9(2)14-21(18,19)11-6-12(13(16)17)15(7-11)10-4-5-10/h6-7,9-10,14H,3-5,8H2,1-2H3,(H,16,17). The average molecular weight is 316 g/mol. The molecule has 0 aromatic carbocycles. The number of nitrogens with zero attached hydrogens (tertiary/aromatic N) is 1. The summed E-state index contributed by atoms with van der Waals surface area (Å²) < 4.78 is 33.7. The molecule has 1 aromatic heterocycles. The number of aromatic nitrogens is 1. The van der Waals surface area contributed by atoms with Crippen molar-refractivity contribution in [1.82, 2.24) is 9.29 Å². The van der Waals surface area contributed by atoms with E-state index in [1.165, 1.54) is 16.8 Å². The van der Waals surface area contributed by atoms with Gasteiger partial charge in [0.1, 0.15) is 10.6 Å². The van der Waals surface area contributed by atoms with Crippen molar-refractivity contribution in [3.8, 4) is 0 Å². The molecule has 1 fully saturated rings. The van der Waals surface area contributed by atoms with Crippen molar-refractivity contribution in [2.75, 3.05) is 13.2 Å². The van der Waals surface area contributed by atoms with E-state index in [-0.39, 0.29) is 29.3 Å². The summed E-state index contributed by atoms with van der Waals surface area (Å²) in [7, 11) is -3.75. The molecule has 8 heteroatoms. The van der Waals surface area contributed by atoms with Gasteiger partial charge in [0.05, 0.1) is 6.61 Å². The molecule has 1 atom stereocenters. The first-order valence-electron chi connectivity index (χ1n) is 6.90. The molecule has 7 nitrogen and oxygen atoms in total. The lowest BCUT2D eigenvalue weighted by atomic mass is 10.4. The van der Waals surface area contributed by atoms with E-state index in [9.17, 15) is 13.2 Å². The van der Waals surface area contributed by atoms with Crippen LogP contribution in [0.15, 0.2) is 17.2 Å². The van der Waals surface area contributed by atoms with Gasteiger partial charge in [0.25, 0.3) is 0 Å². The van der Waals surface area contributed by atoms with Crippen molar-refractivity contribution < 1.29 is 23.1 Å². The highest BCUT2D eigenvalue weighted by molar-refractivity contribution is 7.89. The van der Waals surface area contributed by atoms with Crippen LogP contribution in [0, 0.1) is 0 Å². The number of rotatable bonds is 8. The Bertz CT molecular complexity index is 619. The molecule has 21 heavy (non-hydrogen) atoms. The van der Waals surface area contributed by atoms with E-state index in [2.05, 4.69) is 4.72 Å². The molecule has 0 saturated heterocycles. The molecule has 1 heterocycles. The fourth-order valence-electron chi connectivity index (χ4n) is 2.09. The van der Waals surface area contributed by atoms with Crippen LogP contribution in [-0.4, -0.2) is 43.3 Å². The normalized spacial score (nSPS) is 16.9. The number of aromatic carboxylic acids is 1. The zero-order chi connectivity index (χ0) is 15.6. The van der Waals surface area contributed by atoms with Gasteiger partial charge in [-0.05, 0) is 32.8 Å². The van der Waals surface area contributed by atoms with Crippen LogP contribution < -0.4 is 4.72 Å². The largest absolute Gasteiger partial charge is 0.477 e. The Balaban J connectivity index is 2.20. The Labute approximate surface area is 124 Å². The van der Waals surface area contributed by atoms with Gasteiger partial charge in [0.2, 0.25) is 10.0 Å². The molecule has 2 rings (SSSR count). The number of nitrogens with one attached hydrogen (secondary N) is 1. The third-order valence-electron chi connectivity index (χ3n) is 3.22. The quantitative estimate of drug-likeness (QED) is 0.751. The van der Waals surface area contributed by atoms with Crippen LogP contribution in [0.4, 0.5) is 0 Å². The van der Waals surface area contributed by atoms with Gasteiger partial charge < -0.3 is 14.4 Å². The number of carbonyl (C=O) groups is 1. The zero-order valence-corrected chi connectivity index (χ0v) is 12.9. The number of hydrogen-bond donors (Lipinski definition) is 2. The molecule has 1 aromatic rings. The second-order valence-corrected chi connectivity index (χ2v) is 6.90. The van der Waals surface area contributed by atoms with Gasteiger partial charge in [0.15, 0.2) is 0 Å². The van der Waals surface area contributed by atoms with Crippen molar-refractivity contribution in [2.45, 2.75) is 43.7 Å². The maximum Gasteiger partial charge on any atom is 0.352 e. The van der Waals surface area contributed by atoms with Crippen LogP contribution >= 0.6 is 0 Å². The minimum absolute atomic E-state index is 0.00957. The predicted molar refractivity (Wildman–Crippen MR) is 75.9 cm³/mol. The van der Waals surface area contributed by atoms with Crippen LogP contribution in [0.1, 0.15) is 43.2 Å². The van der Waals surface area contributed by atoms with E-state index in [1.54, 1.807) is 6.92 Å². The van der Waals surface area contributed by atoms with Gasteiger partial charge in [-0.2, -0.15) is 0 Å². The van der Waals surface area contributed by atoms with E-state index >= 15 is 0 Å². The predicted octanol–water partition coefficient (Wildman–Crippen LogP) is 1.22. The molecule has 1 unspecified atom stereocenters. The van der Waals surface area contributed by atoms with Gasteiger partial charge >= 0.3 is 5.97 Å². The summed E-state index contributed by atoms with van der Waals surface area (Å²) in [6.45, 7) is 4.30. The van der Waals surface area contributed by atoms with E-state index in [4.69, 9.17) is 9.84 Å². The Morgan fingerprint density at radius 2 is 2.24 bits per heavy atom. The summed E-state index contributed by atoms with van der Waals surface area (Å²) in [5.41, 5.74) is 0.00957. The first kappa shape index (κ1) is 16.0. The van der Waals surface area contributed by atoms with Crippen LogP contribution in [0.2, 0.25) is 0 Å². The maximum absolute atomic E-state index is 12.3. The van der Waals surface area contributed by atoms with Gasteiger partial charge in [-0.1, -0.05) is 0 Å². The molecular formula is C13H20N2O5S. The average Bonchev–Trinajstić information content (AvgIpc) is 3.13. The summed E-state index contributed by atoms with van der Waals surface area (Å²) >= 11 is 0. The van der Waals surface area contributed by atoms with Gasteiger partial charge in [-0.15, -0.1) is 0 Å². The number of sulfonamides is 1. The Hall–Kier alpha value is -1.38.